The van der Waals surface area contributed by atoms with Gasteiger partial charge in [-0.2, -0.15) is 0 Å². The molecule has 3 rings (SSSR count). The summed E-state index contributed by atoms with van der Waals surface area (Å²) in [5, 5.41) is 7.77. The van der Waals surface area contributed by atoms with Gasteiger partial charge in [-0.05, 0) is 145 Å². The number of nitrogens with zero attached hydrogens (tertiary/aromatic N) is 2. The maximum Gasteiger partial charge on any atom is 0.0608 e. The van der Waals surface area contributed by atoms with Crippen molar-refractivity contribution < 1.29 is 0 Å². The van der Waals surface area contributed by atoms with Crippen LogP contribution >= 0.6 is 0 Å². The van der Waals surface area contributed by atoms with E-state index in [1.54, 1.807) is 0 Å². The Morgan fingerprint density at radius 1 is 0.641 bits per heavy atom. The van der Waals surface area contributed by atoms with Crippen LogP contribution in [0.5, 0.6) is 0 Å². The Morgan fingerprint density at radius 3 is 1.36 bits per heavy atom. The van der Waals surface area contributed by atoms with Crippen LogP contribution in [0.15, 0.2) is 0 Å². The van der Waals surface area contributed by atoms with Gasteiger partial charge in [0.1, 0.15) is 0 Å². The number of nitrogens with one attached hydrogen (secondary N) is 2. The Morgan fingerprint density at radius 2 is 1.03 bits per heavy atom. The number of unbranched alkanes of at least 4 members (excludes halogenated alkanes) is 3. The minimum atomic E-state index is 0.150. The summed E-state index contributed by atoms with van der Waals surface area (Å²) in [6, 6.07) is 1.83. The van der Waals surface area contributed by atoms with Crippen molar-refractivity contribution in [2.24, 2.45) is 17.1 Å². The maximum atomic E-state index is 7.14. The molecule has 2 atom stereocenters. The summed E-state index contributed by atoms with van der Waals surface area (Å²) in [6.07, 6.45) is 12.8. The Balaban J connectivity index is 1.55. The Kier molecular flexibility index (Phi) is 10.4. The van der Waals surface area contributed by atoms with Gasteiger partial charge in [0.05, 0.1) is 6.17 Å². The standard InChI is InChI=1S/C34H69N5/c1-25(2)38(26-21-31(5,6)36-32(7,8)22-26)19-15-13-14-16-20-39(29(35)28-17-18-30(28,3)4)27-23-33(9,10)37-34(11,12)24-27/h25-29,36-37H,13-24,35H2,1-12H3. The lowest BCUT2D eigenvalue weighted by molar-refractivity contribution is -0.0476. The molecule has 0 bridgehead atoms. The van der Waals surface area contributed by atoms with E-state index in [1.807, 2.05) is 0 Å². The zero-order valence-corrected chi connectivity index (χ0v) is 28.3. The van der Waals surface area contributed by atoms with Crippen molar-refractivity contribution >= 4 is 0 Å². The number of hydrogen-bond acceptors (Lipinski definition) is 5. The lowest BCUT2D eigenvalue weighted by Gasteiger charge is -2.55. The summed E-state index contributed by atoms with van der Waals surface area (Å²) in [5.74, 6) is 0.622. The summed E-state index contributed by atoms with van der Waals surface area (Å²) >= 11 is 0. The molecule has 4 N–H and O–H groups in total. The van der Waals surface area contributed by atoms with Gasteiger partial charge in [0.2, 0.25) is 0 Å². The highest BCUT2D eigenvalue weighted by atomic mass is 15.3. The van der Waals surface area contributed by atoms with E-state index in [1.165, 1.54) is 70.8 Å². The van der Waals surface area contributed by atoms with Crippen molar-refractivity contribution in [3.05, 3.63) is 0 Å². The molecule has 0 aromatic heterocycles. The summed E-state index contributed by atoms with van der Waals surface area (Å²) in [5.41, 5.74) is 8.23. The van der Waals surface area contributed by atoms with Gasteiger partial charge in [0.25, 0.3) is 0 Å². The molecule has 5 nitrogen and oxygen atoms in total. The van der Waals surface area contributed by atoms with Gasteiger partial charge in [-0.25, -0.2) is 0 Å². The van der Waals surface area contributed by atoms with E-state index in [2.05, 4.69) is 104 Å². The Bertz CT molecular complexity index is 750. The fraction of sp³-hybridized carbons (Fsp3) is 1.00. The predicted octanol–water partition coefficient (Wildman–Crippen LogP) is 6.90. The molecule has 2 heterocycles. The van der Waals surface area contributed by atoms with Crippen molar-refractivity contribution in [1.29, 1.82) is 0 Å². The van der Waals surface area contributed by atoms with E-state index in [-0.39, 0.29) is 28.3 Å². The molecule has 1 saturated carbocycles. The molecule has 5 heteroatoms. The largest absolute Gasteiger partial charge is 0.315 e. The molecule has 3 fully saturated rings. The molecule has 0 radical (unpaired) electrons. The molecule has 2 aliphatic heterocycles. The van der Waals surface area contributed by atoms with Gasteiger partial charge in [0.15, 0.2) is 0 Å². The maximum absolute atomic E-state index is 7.14. The molecule has 1 aliphatic carbocycles. The van der Waals surface area contributed by atoms with E-state index in [0.717, 1.165) is 6.54 Å². The normalized spacial score (nSPS) is 29.1. The highest BCUT2D eigenvalue weighted by Gasteiger charge is 2.47. The van der Waals surface area contributed by atoms with Gasteiger partial charge < -0.3 is 16.4 Å². The number of rotatable bonds is 12. The van der Waals surface area contributed by atoms with Crippen LogP contribution in [-0.2, 0) is 0 Å². The quantitative estimate of drug-likeness (QED) is 0.183. The highest BCUT2D eigenvalue weighted by molar-refractivity contribution is 5.03. The fourth-order valence-corrected chi connectivity index (χ4v) is 9.14. The average Bonchev–Trinajstić information content (AvgIpc) is 2.70. The second kappa shape index (κ2) is 12.2. The Hall–Kier alpha value is -0.200. The van der Waals surface area contributed by atoms with Crippen molar-refractivity contribution in [1.82, 2.24) is 20.4 Å². The fourth-order valence-electron chi connectivity index (χ4n) is 9.14. The summed E-state index contributed by atoms with van der Waals surface area (Å²) in [6.45, 7) is 31.1. The molecule has 230 valence electrons. The van der Waals surface area contributed by atoms with Gasteiger partial charge in [-0.15, -0.1) is 0 Å². The van der Waals surface area contributed by atoms with Gasteiger partial charge >= 0.3 is 0 Å². The van der Waals surface area contributed by atoms with E-state index in [0.29, 0.717) is 29.5 Å². The smallest absolute Gasteiger partial charge is 0.0608 e. The lowest BCUT2D eigenvalue weighted by Crippen LogP contribution is -2.66. The SMILES string of the molecule is CC(C)N(CCCCCCN(C1CC(C)(C)NC(C)(C)C1)C(N)C1CCC1(C)C)C1CC(C)(C)NC(C)(C)C1. The Labute approximate surface area is 244 Å². The van der Waals surface area contributed by atoms with Crippen LogP contribution in [0, 0.1) is 11.3 Å². The van der Waals surface area contributed by atoms with E-state index in [9.17, 15) is 0 Å². The average molecular weight is 548 g/mol. The van der Waals surface area contributed by atoms with Crippen molar-refractivity contribution in [3.8, 4) is 0 Å². The minimum absolute atomic E-state index is 0.150. The number of hydrogen-bond donors (Lipinski definition) is 3. The summed E-state index contributed by atoms with van der Waals surface area (Å²) in [7, 11) is 0. The van der Waals surface area contributed by atoms with Gasteiger partial charge in [-0.3, -0.25) is 9.80 Å². The topological polar surface area (TPSA) is 56.6 Å². The van der Waals surface area contributed by atoms with Crippen molar-refractivity contribution in [2.45, 2.75) is 194 Å². The van der Waals surface area contributed by atoms with E-state index >= 15 is 0 Å². The molecule has 2 saturated heterocycles. The van der Waals surface area contributed by atoms with Gasteiger partial charge in [-0.1, -0.05) is 26.7 Å². The van der Waals surface area contributed by atoms with Crippen LogP contribution in [0.2, 0.25) is 0 Å². The van der Waals surface area contributed by atoms with Crippen LogP contribution in [0.4, 0.5) is 0 Å². The zero-order valence-electron chi connectivity index (χ0n) is 28.3. The lowest BCUT2D eigenvalue weighted by atomic mass is 9.61. The van der Waals surface area contributed by atoms with Gasteiger partial charge in [0, 0.05) is 40.3 Å². The highest BCUT2D eigenvalue weighted by Crippen LogP contribution is 2.48. The molecular weight excluding hydrogens is 478 g/mol. The molecular formula is C34H69N5. The molecule has 3 aliphatic rings. The minimum Gasteiger partial charge on any atom is -0.315 e. The predicted molar refractivity (Wildman–Crippen MR) is 170 cm³/mol. The first-order valence-corrected chi connectivity index (χ1v) is 16.6. The summed E-state index contributed by atoms with van der Waals surface area (Å²) in [4.78, 5) is 5.57. The second-order valence-electron chi connectivity index (χ2n) is 17.5. The molecule has 0 aromatic rings. The zero-order chi connectivity index (χ0) is 29.4. The van der Waals surface area contributed by atoms with Crippen molar-refractivity contribution in [3.63, 3.8) is 0 Å². The molecule has 0 amide bonds. The van der Waals surface area contributed by atoms with Crippen LogP contribution in [0.25, 0.3) is 0 Å². The third-order valence-corrected chi connectivity index (χ3v) is 10.4. The van der Waals surface area contributed by atoms with Crippen LogP contribution in [0.1, 0.15) is 147 Å². The van der Waals surface area contributed by atoms with Crippen molar-refractivity contribution in [2.75, 3.05) is 13.1 Å². The van der Waals surface area contributed by atoms with Crippen LogP contribution in [0.3, 0.4) is 0 Å². The first-order chi connectivity index (χ1) is 17.7. The first-order valence-electron chi connectivity index (χ1n) is 16.6. The van der Waals surface area contributed by atoms with Crippen LogP contribution < -0.4 is 16.4 Å². The monoisotopic (exact) mass is 548 g/mol. The third kappa shape index (κ3) is 9.14. The third-order valence-electron chi connectivity index (χ3n) is 10.4. The molecule has 2 unspecified atom stereocenters. The molecule has 39 heavy (non-hydrogen) atoms. The van der Waals surface area contributed by atoms with E-state index in [4.69, 9.17) is 5.73 Å². The van der Waals surface area contributed by atoms with Crippen LogP contribution in [-0.4, -0.2) is 69.3 Å². The number of nitrogens with two attached hydrogens (primary N) is 1. The number of piperidine rings is 2. The van der Waals surface area contributed by atoms with E-state index < -0.39 is 0 Å². The molecule has 0 aromatic carbocycles. The molecule has 0 spiro atoms. The first kappa shape index (κ1) is 33.3. The summed E-state index contributed by atoms with van der Waals surface area (Å²) < 4.78 is 0. The second-order valence-corrected chi connectivity index (χ2v) is 17.5.